The lowest BCUT2D eigenvalue weighted by atomic mass is 9.93. The van der Waals surface area contributed by atoms with Crippen LogP contribution in [0.15, 0.2) is 4.99 Å². The first kappa shape index (κ1) is 19.8. The third-order valence-electron chi connectivity index (χ3n) is 2.70. The maximum absolute atomic E-state index is 5.81. The molecular formula is C15H33NO3Si. The molecule has 0 saturated carbocycles. The van der Waals surface area contributed by atoms with Crippen LogP contribution in [0.5, 0.6) is 0 Å². The van der Waals surface area contributed by atoms with E-state index in [-0.39, 0.29) is 0 Å². The van der Waals surface area contributed by atoms with Gasteiger partial charge in [0.2, 0.25) is 0 Å². The molecule has 0 fully saturated rings. The second-order valence-electron chi connectivity index (χ2n) is 5.94. The van der Waals surface area contributed by atoms with Crippen LogP contribution in [0.25, 0.3) is 0 Å². The van der Waals surface area contributed by atoms with E-state index in [1.807, 2.05) is 27.0 Å². The third-order valence-corrected chi connectivity index (χ3v) is 5.85. The predicted octanol–water partition coefficient (Wildman–Crippen LogP) is 3.93. The lowest BCUT2D eigenvalue weighted by Crippen LogP contribution is -2.46. The second-order valence-corrected chi connectivity index (χ2v) is 8.67. The fourth-order valence-electron chi connectivity index (χ4n) is 1.82. The molecule has 5 heteroatoms. The predicted molar refractivity (Wildman–Crippen MR) is 87.5 cm³/mol. The average Bonchev–Trinajstić information content (AvgIpc) is 2.33. The van der Waals surface area contributed by atoms with E-state index >= 15 is 0 Å². The number of rotatable bonds is 11. The van der Waals surface area contributed by atoms with Gasteiger partial charge in [0.1, 0.15) is 0 Å². The van der Waals surface area contributed by atoms with Crippen LogP contribution in [0.1, 0.15) is 54.4 Å². The Morgan fingerprint density at radius 3 is 1.85 bits per heavy atom. The van der Waals surface area contributed by atoms with Gasteiger partial charge in [0, 0.05) is 32.4 Å². The molecular weight excluding hydrogens is 270 g/mol. The van der Waals surface area contributed by atoms with Crippen LogP contribution in [-0.2, 0) is 13.3 Å². The van der Waals surface area contributed by atoms with E-state index < -0.39 is 8.80 Å². The van der Waals surface area contributed by atoms with Crippen molar-refractivity contribution in [1.29, 1.82) is 0 Å². The largest absolute Gasteiger partial charge is 0.500 e. The highest BCUT2D eigenvalue weighted by atomic mass is 28.4. The summed E-state index contributed by atoms with van der Waals surface area (Å²) in [4.78, 5) is 4.47. The quantitative estimate of drug-likeness (QED) is 0.330. The van der Waals surface area contributed by atoms with Gasteiger partial charge in [-0.3, -0.25) is 4.99 Å². The van der Waals surface area contributed by atoms with Crippen molar-refractivity contribution in [3.63, 3.8) is 0 Å². The van der Waals surface area contributed by atoms with Crippen LogP contribution in [0.2, 0.25) is 6.04 Å². The van der Waals surface area contributed by atoms with E-state index in [2.05, 4.69) is 25.8 Å². The average molecular weight is 304 g/mol. The van der Waals surface area contributed by atoms with Gasteiger partial charge in [-0.1, -0.05) is 20.8 Å². The third kappa shape index (κ3) is 9.64. The van der Waals surface area contributed by atoms with E-state index in [0.29, 0.717) is 25.2 Å². The Bertz CT molecular complexity index is 247. The van der Waals surface area contributed by atoms with E-state index in [4.69, 9.17) is 13.3 Å². The number of aliphatic imine (C=N–C) groups is 1. The van der Waals surface area contributed by atoms with Crippen molar-refractivity contribution in [2.45, 2.75) is 60.4 Å². The van der Waals surface area contributed by atoms with Crippen molar-refractivity contribution >= 4 is 15.0 Å². The molecule has 20 heavy (non-hydrogen) atoms. The SMILES string of the molecule is CCO[Si](CCCN=CCC(C)(C)C)(OCC)OCC. The first-order valence-corrected chi connectivity index (χ1v) is 9.72. The van der Waals surface area contributed by atoms with Gasteiger partial charge in [-0.2, -0.15) is 0 Å². The van der Waals surface area contributed by atoms with Gasteiger partial charge in [-0.15, -0.1) is 0 Å². The van der Waals surface area contributed by atoms with Crippen molar-refractivity contribution in [2.75, 3.05) is 26.4 Å². The Labute approximate surface area is 126 Å². The lowest BCUT2D eigenvalue weighted by molar-refractivity contribution is 0.0710. The maximum atomic E-state index is 5.81. The molecule has 120 valence electrons. The maximum Gasteiger partial charge on any atom is 0.500 e. The number of nitrogens with zero attached hydrogens (tertiary/aromatic N) is 1. The molecule has 0 bridgehead atoms. The molecule has 0 rings (SSSR count). The second kappa shape index (κ2) is 10.5. The lowest BCUT2D eigenvalue weighted by Gasteiger charge is -2.28. The van der Waals surface area contributed by atoms with Gasteiger partial charge in [-0.05, 0) is 45.2 Å². The molecule has 0 aliphatic rings. The van der Waals surface area contributed by atoms with Crippen molar-refractivity contribution < 1.29 is 13.3 Å². The van der Waals surface area contributed by atoms with Crippen molar-refractivity contribution in [2.24, 2.45) is 10.4 Å². The molecule has 0 radical (unpaired) electrons. The molecule has 0 N–H and O–H groups in total. The summed E-state index contributed by atoms with van der Waals surface area (Å²) in [7, 11) is -2.47. The van der Waals surface area contributed by atoms with E-state index in [9.17, 15) is 0 Å². The van der Waals surface area contributed by atoms with Crippen molar-refractivity contribution in [1.82, 2.24) is 0 Å². The van der Waals surface area contributed by atoms with Crippen LogP contribution in [0.4, 0.5) is 0 Å². The summed E-state index contributed by atoms with van der Waals surface area (Å²) in [5, 5.41) is 0. The molecule has 0 atom stereocenters. The highest BCUT2D eigenvalue weighted by Gasteiger charge is 2.39. The van der Waals surface area contributed by atoms with E-state index in [0.717, 1.165) is 25.4 Å². The summed E-state index contributed by atoms with van der Waals surface area (Å²) in [6, 6.07) is 0.843. The fourth-order valence-corrected chi connectivity index (χ4v) is 4.41. The molecule has 0 spiro atoms. The Hall–Kier alpha value is -0.233. The van der Waals surface area contributed by atoms with Crippen LogP contribution in [0, 0.1) is 5.41 Å². The molecule has 0 heterocycles. The molecule has 0 amide bonds. The molecule has 4 nitrogen and oxygen atoms in total. The summed E-state index contributed by atoms with van der Waals surface area (Å²) in [5.41, 5.74) is 0.309. The van der Waals surface area contributed by atoms with Crippen molar-refractivity contribution in [3.8, 4) is 0 Å². The molecule has 0 aliphatic carbocycles. The Balaban J connectivity index is 4.18. The summed E-state index contributed by atoms with van der Waals surface area (Å²) in [6.45, 7) is 15.4. The van der Waals surface area contributed by atoms with Crippen molar-refractivity contribution in [3.05, 3.63) is 0 Å². The summed E-state index contributed by atoms with van der Waals surface area (Å²) in [6.07, 6.45) is 4.00. The standard InChI is InChI=1S/C15H33NO3Si/c1-7-17-20(18-8-2,19-9-3)14-10-12-16-13-11-15(4,5)6/h13H,7-12,14H2,1-6H3. The summed E-state index contributed by atoms with van der Waals surface area (Å²) in [5.74, 6) is 0. The molecule has 0 aliphatic heterocycles. The van der Waals surface area contributed by atoms with E-state index in [1.54, 1.807) is 0 Å². The zero-order valence-electron chi connectivity index (χ0n) is 14.2. The zero-order valence-corrected chi connectivity index (χ0v) is 15.2. The van der Waals surface area contributed by atoms with Crippen LogP contribution in [0.3, 0.4) is 0 Å². The minimum atomic E-state index is -2.47. The number of hydrogen-bond acceptors (Lipinski definition) is 4. The minimum absolute atomic E-state index is 0.309. The molecule has 0 unspecified atom stereocenters. The van der Waals surface area contributed by atoms with Crippen LogP contribution >= 0.6 is 0 Å². The van der Waals surface area contributed by atoms with Gasteiger partial charge in [-0.25, -0.2) is 0 Å². The minimum Gasteiger partial charge on any atom is -0.374 e. The van der Waals surface area contributed by atoms with Crippen LogP contribution in [-0.4, -0.2) is 41.4 Å². The summed E-state index contributed by atoms with van der Waals surface area (Å²) >= 11 is 0. The highest BCUT2D eigenvalue weighted by molar-refractivity contribution is 6.60. The highest BCUT2D eigenvalue weighted by Crippen LogP contribution is 2.19. The molecule has 0 aromatic heterocycles. The molecule has 0 saturated heterocycles. The Morgan fingerprint density at radius 2 is 1.45 bits per heavy atom. The topological polar surface area (TPSA) is 40.0 Å². The van der Waals surface area contributed by atoms with Gasteiger partial charge >= 0.3 is 8.80 Å². The van der Waals surface area contributed by atoms with Gasteiger partial charge in [0.15, 0.2) is 0 Å². The first-order valence-electron chi connectivity index (χ1n) is 7.79. The number of hydrogen-bond donors (Lipinski definition) is 0. The molecule has 0 aromatic rings. The normalized spacial score (nSPS) is 13.3. The van der Waals surface area contributed by atoms with E-state index in [1.165, 1.54) is 0 Å². The zero-order chi connectivity index (χ0) is 15.5. The van der Waals surface area contributed by atoms with Gasteiger partial charge in [0.05, 0.1) is 0 Å². The molecule has 0 aromatic carbocycles. The fraction of sp³-hybridized carbons (Fsp3) is 0.933. The van der Waals surface area contributed by atoms with Gasteiger partial charge in [0.25, 0.3) is 0 Å². The smallest absolute Gasteiger partial charge is 0.374 e. The summed E-state index contributed by atoms with van der Waals surface area (Å²) < 4.78 is 17.4. The Kier molecular flexibility index (Phi) is 10.4. The first-order chi connectivity index (χ1) is 9.39. The van der Waals surface area contributed by atoms with Gasteiger partial charge < -0.3 is 13.3 Å². The Morgan fingerprint density at radius 1 is 0.950 bits per heavy atom. The van der Waals surface area contributed by atoms with Crippen LogP contribution < -0.4 is 0 Å². The monoisotopic (exact) mass is 303 g/mol.